The molecule has 1 atom stereocenters. The highest BCUT2D eigenvalue weighted by Gasteiger charge is 2.30. The zero-order valence-electron chi connectivity index (χ0n) is 20.4. The summed E-state index contributed by atoms with van der Waals surface area (Å²) >= 11 is 0. The van der Waals surface area contributed by atoms with Crippen molar-refractivity contribution in [3.8, 4) is 11.1 Å². The van der Waals surface area contributed by atoms with E-state index in [0.29, 0.717) is 36.1 Å². The van der Waals surface area contributed by atoms with Crippen molar-refractivity contribution in [2.75, 3.05) is 13.2 Å². The first-order chi connectivity index (χ1) is 17.3. The smallest absolute Gasteiger partial charge is 0.251 e. The van der Waals surface area contributed by atoms with Gasteiger partial charge < -0.3 is 15.7 Å². The van der Waals surface area contributed by atoms with Gasteiger partial charge in [-0.1, -0.05) is 24.3 Å². The van der Waals surface area contributed by atoms with Crippen LogP contribution in [0.25, 0.3) is 11.1 Å². The number of amides is 2. The fraction of sp³-hybridized carbons (Fsp3) is 0.345. The molecule has 0 saturated heterocycles. The SMILES string of the molecule is CC1(F)CCC(CNC(=O)c2cccc([C@@H](CO)NC(=O)c3ccc(-c4ccncc4)cc3)c2)CC1. The number of hydrogen-bond donors (Lipinski definition) is 3. The molecule has 1 fully saturated rings. The third-order valence-corrected chi connectivity index (χ3v) is 6.90. The van der Waals surface area contributed by atoms with E-state index in [1.807, 2.05) is 24.3 Å². The van der Waals surface area contributed by atoms with Gasteiger partial charge >= 0.3 is 0 Å². The lowest BCUT2D eigenvalue weighted by Gasteiger charge is -2.31. The number of aromatic nitrogens is 1. The summed E-state index contributed by atoms with van der Waals surface area (Å²) in [5, 5.41) is 15.8. The summed E-state index contributed by atoms with van der Waals surface area (Å²) in [7, 11) is 0. The van der Waals surface area contributed by atoms with E-state index in [-0.39, 0.29) is 24.3 Å². The van der Waals surface area contributed by atoms with Crippen molar-refractivity contribution in [1.82, 2.24) is 15.6 Å². The van der Waals surface area contributed by atoms with Crippen LogP contribution in [0.4, 0.5) is 4.39 Å². The number of rotatable bonds is 8. The maximum atomic E-state index is 14.0. The van der Waals surface area contributed by atoms with Crippen LogP contribution in [0, 0.1) is 5.92 Å². The second kappa shape index (κ2) is 11.4. The van der Waals surface area contributed by atoms with Gasteiger partial charge in [-0.3, -0.25) is 14.6 Å². The third kappa shape index (κ3) is 6.55. The molecule has 1 aliphatic rings. The number of alkyl halides is 1. The molecule has 3 aromatic rings. The van der Waals surface area contributed by atoms with E-state index < -0.39 is 11.7 Å². The highest BCUT2D eigenvalue weighted by Crippen LogP contribution is 2.34. The second-order valence-corrected chi connectivity index (χ2v) is 9.71. The number of benzene rings is 2. The fourth-order valence-corrected chi connectivity index (χ4v) is 4.55. The van der Waals surface area contributed by atoms with Gasteiger partial charge in [0.15, 0.2) is 0 Å². The van der Waals surface area contributed by atoms with Crippen LogP contribution >= 0.6 is 0 Å². The largest absolute Gasteiger partial charge is 0.394 e. The Morgan fingerprint density at radius 3 is 2.33 bits per heavy atom. The Labute approximate surface area is 211 Å². The van der Waals surface area contributed by atoms with Gasteiger partial charge in [-0.2, -0.15) is 0 Å². The molecule has 0 radical (unpaired) electrons. The number of halogens is 1. The maximum absolute atomic E-state index is 14.0. The molecule has 0 aliphatic heterocycles. The Balaban J connectivity index is 1.36. The van der Waals surface area contributed by atoms with Crippen LogP contribution in [0.3, 0.4) is 0 Å². The molecule has 1 aromatic heterocycles. The molecule has 0 bridgehead atoms. The zero-order chi connectivity index (χ0) is 25.5. The van der Waals surface area contributed by atoms with Crippen molar-refractivity contribution in [3.05, 3.63) is 89.7 Å². The van der Waals surface area contributed by atoms with Gasteiger partial charge in [0.2, 0.25) is 0 Å². The van der Waals surface area contributed by atoms with Gasteiger partial charge in [-0.15, -0.1) is 0 Å². The molecule has 2 amide bonds. The summed E-state index contributed by atoms with van der Waals surface area (Å²) in [6.45, 7) is 1.84. The standard InChI is InChI=1S/C29H32FN3O3/c1-29(30)13-9-20(10-14-29)18-32-27(35)25-4-2-3-24(17-25)26(19-34)33-28(36)23-7-5-21(6-8-23)22-11-15-31-16-12-22/h2-8,11-12,15-17,20,26,34H,9-10,13-14,18-19H2,1H3,(H,32,35)(H,33,36)/t20?,26-,29?/m1/s1. The van der Waals surface area contributed by atoms with Gasteiger partial charge in [0.25, 0.3) is 11.8 Å². The Morgan fingerprint density at radius 1 is 1.00 bits per heavy atom. The lowest BCUT2D eigenvalue weighted by molar-refractivity contribution is 0.0892. The van der Waals surface area contributed by atoms with Crippen molar-refractivity contribution in [3.63, 3.8) is 0 Å². The summed E-state index contributed by atoms with van der Waals surface area (Å²) < 4.78 is 14.0. The molecule has 1 heterocycles. The van der Waals surface area contributed by atoms with E-state index in [1.54, 1.807) is 55.7 Å². The van der Waals surface area contributed by atoms with Crippen molar-refractivity contribution in [2.45, 2.75) is 44.3 Å². The summed E-state index contributed by atoms with van der Waals surface area (Å²) in [5.41, 5.74) is 2.44. The second-order valence-electron chi connectivity index (χ2n) is 9.71. The molecule has 2 aromatic carbocycles. The van der Waals surface area contributed by atoms with Gasteiger partial charge in [-0.25, -0.2) is 4.39 Å². The normalized spacial score (nSPS) is 20.4. The predicted octanol–water partition coefficient (Wildman–Crippen LogP) is 4.86. The molecule has 0 spiro atoms. The molecule has 3 N–H and O–H groups in total. The Hall–Kier alpha value is -3.58. The molecule has 6 nitrogen and oxygen atoms in total. The molecular weight excluding hydrogens is 457 g/mol. The first-order valence-corrected chi connectivity index (χ1v) is 12.3. The summed E-state index contributed by atoms with van der Waals surface area (Å²) in [4.78, 5) is 29.6. The monoisotopic (exact) mass is 489 g/mol. The summed E-state index contributed by atoms with van der Waals surface area (Å²) in [6, 6.07) is 17.2. The highest BCUT2D eigenvalue weighted by molar-refractivity contribution is 5.95. The fourth-order valence-electron chi connectivity index (χ4n) is 4.55. The third-order valence-electron chi connectivity index (χ3n) is 6.90. The van der Waals surface area contributed by atoms with Gasteiger partial charge in [0.1, 0.15) is 5.67 Å². The maximum Gasteiger partial charge on any atom is 0.251 e. The molecule has 0 unspecified atom stereocenters. The molecule has 36 heavy (non-hydrogen) atoms. The quantitative estimate of drug-likeness (QED) is 0.421. The first kappa shape index (κ1) is 25.5. The van der Waals surface area contributed by atoms with E-state index in [2.05, 4.69) is 15.6 Å². The number of nitrogens with one attached hydrogen (secondary N) is 2. The van der Waals surface area contributed by atoms with Crippen LogP contribution in [-0.2, 0) is 0 Å². The number of aliphatic hydroxyl groups is 1. The van der Waals surface area contributed by atoms with Gasteiger partial charge in [-0.05, 0) is 91.6 Å². The molecule has 4 rings (SSSR count). The van der Waals surface area contributed by atoms with E-state index >= 15 is 0 Å². The van der Waals surface area contributed by atoms with Crippen molar-refractivity contribution in [1.29, 1.82) is 0 Å². The average molecular weight is 490 g/mol. The van der Waals surface area contributed by atoms with E-state index in [1.165, 1.54) is 0 Å². The number of hydrogen-bond acceptors (Lipinski definition) is 4. The zero-order valence-corrected chi connectivity index (χ0v) is 20.4. The summed E-state index contributed by atoms with van der Waals surface area (Å²) in [5.74, 6) is -0.266. The molecule has 7 heteroatoms. The van der Waals surface area contributed by atoms with Crippen LogP contribution in [-0.4, -0.2) is 40.7 Å². The van der Waals surface area contributed by atoms with Crippen LogP contribution < -0.4 is 10.6 Å². The molecular formula is C29H32FN3O3. The molecule has 188 valence electrons. The number of carbonyl (C=O) groups excluding carboxylic acids is 2. The minimum absolute atomic E-state index is 0.222. The number of carbonyl (C=O) groups is 2. The highest BCUT2D eigenvalue weighted by atomic mass is 19.1. The van der Waals surface area contributed by atoms with Crippen molar-refractivity contribution >= 4 is 11.8 Å². The minimum atomic E-state index is -1.10. The number of nitrogens with zero attached hydrogens (tertiary/aromatic N) is 1. The van der Waals surface area contributed by atoms with Gasteiger partial charge in [0, 0.05) is 30.1 Å². The van der Waals surface area contributed by atoms with E-state index in [4.69, 9.17) is 0 Å². The lowest BCUT2D eigenvalue weighted by Crippen LogP contribution is -2.34. The Bertz CT molecular complexity index is 1170. The topological polar surface area (TPSA) is 91.3 Å². The van der Waals surface area contributed by atoms with Crippen molar-refractivity contribution < 1.29 is 19.1 Å². The van der Waals surface area contributed by atoms with Gasteiger partial charge in [0.05, 0.1) is 12.6 Å². The first-order valence-electron chi connectivity index (χ1n) is 12.3. The van der Waals surface area contributed by atoms with E-state index in [9.17, 15) is 19.1 Å². The van der Waals surface area contributed by atoms with Crippen LogP contribution in [0.1, 0.15) is 64.9 Å². The van der Waals surface area contributed by atoms with Crippen molar-refractivity contribution in [2.24, 2.45) is 5.92 Å². The van der Waals surface area contributed by atoms with Crippen LogP contribution in [0.2, 0.25) is 0 Å². The van der Waals surface area contributed by atoms with Crippen LogP contribution in [0.5, 0.6) is 0 Å². The van der Waals surface area contributed by atoms with Crippen LogP contribution in [0.15, 0.2) is 73.1 Å². The van der Waals surface area contributed by atoms with E-state index in [0.717, 1.165) is 24.0 Å². The number of aliphatic hydroxyl groups excluding tert-OH is 1. The lowest BCUT2D eigenvalue weighted by atomic mass is 9.81. The Morgan fingerprint density at radius 2 is 1.67 bits per heavy atom. The minimum Gasteiger partial charge on any atom is -0.394 e. The molecule has 1 saturated carbocycles. The predicted molar refractivity (Wildman–Crippen MR) is 137 cm³/mol. The summed E-state index contributed by atoms with van der Waals surface area (Å²) in [6.07, 6.45) is 5.99. The number of pyridine rings is 1. The average Bonchev–Trinajstić information content (AvgIpc) is 2.91. The Kier molecular flexibility index (Phi) is 8.10. The molecule has 1 aliphatic carbocycles.